The van der Waals surface area contributed by atoms with E-state index in [1.807, 2.05) is 11.0 Å². The Labute approximate surface area is 112 Å². The maximum atomic E-state index is 11.9. The minimum absolute atomic E-state index is 0.156. The third-order valence-electron chi connectivity index (χ3n) is 3.17. The number of carbonyl (C=O) groups is 1. The summed E-state index contributed by atoms with van der Waals surface area (Å²) in [5, 5.41) is 21.2. The summed E-state index contributed by atoms with van der Waals surface area (Å²) >= 11 is 0. The van der Waals surface area contributed by atoms with Gasteiger partial charge in [-0.25, -0.2) is 0 Å². The zero-order valence-electron chi connectivity index (χ0n) is 10.7. The highest BCUT2D eigenvalue weighted by Gasteiger charge is 2.19. The van der Waals surface area contributed by atoms with Crippen LogP contribution in [-0.2, 0) is 4.79 Å². The third kappa shape index (κ3) is 3.78. The number of β-amino-alcohol motifs (C(OH)–C–C–N with tert-alkyl or cyclic N) is 1. The van der Waals surface area contributed by atoms with Crippen molar-refractivity contribution in [1.29, 1.82) is 5.26 Å². The van der Waals surface area contributed by atoms with Gasteiger partial charge in [-0.3, -0.25) is 9.69 Å². The Morgan fingerprint density at radius 2 is 2.32 bits per heavy atom. The van der Waals surface area contributed by atoms with E-state index in [0.717, 1.165) is 19.4 Å². The van der Waals surface area contributed by atoms with Crippen LogP contribution in [0, 0.1) is 11.3 Å². The number of piperidine rings is 1. The van der Waals surface area contributed by atoms with Crippen LogP contribution in [0.2, 0.25) is 0 Å². The summed E-state index contributed by atoms with van der Waals surface area (Å²) in [5.41, 5.74) is 0.988. The molecule has 1 aliphatic heterocycles. The minimum atomic E-state index is -0.340. The number of hydrogen-bond donors (Lipinski definition) is 2. The van der Waals surface area contributed by atoms with Crippen LogP contribution in [0.3, 0.4) is 0 Å². The Bertz CT molecular complexity index is 496. The standard InChI is InChI=1S/C14H17N3O2/c15-8-11-4-1-2-6-13(11)16-14(19)10-17-7-3-5-12(18)9-17/h1-2,4,6,12,18H,3,5,7,9-10H2,(H,16,19)/t12-/m0/s1. The highest BCUT2D eigenvalue weighted by molar-refractivity contribution is 5.93. The second-order valence-corrected chi connectivity index (χ2v) is 4.74. The maximum absolute atomic E-state index is 11.9. The van der Waals surface area contributed by atoms with Gasteiger partial charge in [0.2, 0.25) is 5.91 Å². The molecule has 5 heteroatoms. The number of nitrogens with one attached hydrogen (secondary N) is 1. The SMILES string of the molecule is N#Cc1ccccc1NC(=O)CN1CCC[C@H](O)C1. The second-order valence-electron chi connectivity index (χ2n) is 4.74. The number of amides is 1. The third-order valence-corrected chi connectivity index (χ3v) is 3.17. The predicted molar refractivity (Wildman–Crippen MR) is 71.5 cm³/mol. The van der Waals surface area contributed by atoms with Crippen molar-refractivity contribution in [3.63, 3.8) is 0 Å². The lowest BCUT2D eigenvalue weighted by atomic mass is 10.1. The van der Waals surface area contributed by atoms with E-state index in [9.17, 15) is 9.90 Å². The van der Waals surface area contributed by atoms with E-state index in [-0.39, 0.29) is 18.6 Å². The molecule has 0 saturated carbocycles. The largest absolute Gasteiger partial charge is 0.392 e. The molecule has 0 spiro atoms. The van der Waals surface area contributed by atoms with E-state index in [2.05, 4.69) is 5.32 Å². The smallest absolute Gasteiger partial charge is 0.238 e. The second kappa shape index (κ2) is 6.32. The van der Waals surface area contributed by atoms with Gasteiger partial charge in [0, 0.05) is 6.54 Å². The summed E-state index contributed by atoms with van der Waals surface area (Å²) in [4.78, 5) is 13.8. The number of nitrogens with zero attached hydrogens (tertiary/aromatic N) is 2. The fourth-order valence-corrected chi connectivity index (χ4v) is 2.26. The Kier molecular flexibility index (Phi) is 4.50. The van der Waals surface area contributed by atoms with Crippen molar-refractivity contribution < 1.29 is 9.90 Å². The van der Waals surface area contributed by atoms with Crippen LogP contribution in [0.1, 0.15) is 18.4 Å². The fourth-order valence-electron chi connectivity index (χ4n) is 2.26. The van der Waals surface area contributed by atoms with Gasteiger partial charge in [0.1, 0.15) is 6.07 Å². The number of nitriles is 1. The Hall–Kier alpha value is -1.90. The van der Waals surface area contributed by atoms with Crippen LogP contribution in [0.25, 0.3) is 0 Å². The quantitative estimate of drug-likeness (QED) is 0.847. The molecule has 5 nitrogen and oxygen atoms in total. The van der Waals surface area contributed by atoms with Gasteiger partial charge in [0.25, 0.3) is 0 Å². The first kappa shape index (κ1) is 13.5. The number of aliphatic hydroxyl groups is 1. The van der Waals surface area contributed by atoms with Gasteiger partial charge in [0.15, 0.2) is 0 Å². The lowest BCUT2D eigenvalue weighted by Gasteiger charge is -2.29. The van der Waals surface area contributed by atoms with E-state index in [4.69, 9.17) is 5.26 Å². The Morgan fingerprint density at radius 1 is 1.53 bits per heavy atom. The molecule has 0 unspecified atom stereocenters. The highest BCUT2D eigenvalue weighted by Crippen LogP contribution is 2.14. The van der Waals surface area contributed by atoms with Gasteiger partial charge in [0.05, 0.1) is 23.9 Å². The zero-order valence-corrected chi connectivity index (χ0v) is 10.7. The van der Waals surface area contributed by atoms with Crippen LogP contribution in [0.15, 0.2) is 24.3 Å². The summed E-state index contributed by atoms with van der Waals surface area (Å²) in [6, 6.07) is 8.96. The molecular formula is C14H17N3O2. The topological polar surface area (TPSA) is 76.4 Å². The number of aliphatic hydroxyl groups excluding tert-OH is 1. The van der Waals surface area contributed by atoms with Gasteiger partial charge in [-0.1, -0.05) is 12.1 Å². The Morgan fingerprint density at radius 3 is 3.05 bits per heavy atom. The molecule has 2 N–H and O–H groups in total. The van der Waals surface area contributed by atoms with Gasteiger partial charge < -0.3 is 10.4 Å². The van der Waals surface area contributed by atoms with E-state index < -0.39 is 0 Å². The molecule has 1 saturated heterocycles. The van der Waals surface area contributed by atoms with E-state index in [1.54, 1.807) is 24.3 Å². The van der Waals surface area contributed by atoms with Crippen LogP contribution in [0.4, 0.5) is 5.69 Å². The molecule has 1 aromatic rings. The first-order valence-corrected chi connectivity index (χ1v) is 6.38. The molecule has 2 rings (SSSR count). The molecule has 1 fully saturated rings. The molecule has 1 aliphatic rings. The number of rotatable bonds is 3. The van der Waals surface area contributed by atoms with Gasteiger partial charge >= 0.3 is 0 Å². The first-order valence-electron chi connectivity index (χ1n) is 6.38. The fraction of sp³-hybridized carbons (Fsp3) is 0.429. The van der Waals surface area contributed by atoms with Gasteiger partial charge in [-0.05, 0) is 31.5 Å². The lowest BCUT2D eigenvalue weighted by Crippen LogP contribution is -2.42. The molecule has 19 heavy (non-hydrogen) atoms. The predicted octanol–water partition coefficient (Wildman–Crippen LogP) is 0.953. The average molecular weight is 259 g/mol. The normalized spacial score (nSPS) is 19.7. The van der Waals surface area contributed by atoms with Crippen molar-refractivity contribution in [3.05, 3.63) is 29.8 Å². The van der Waals surface area contributed by atoms with Crippen LogP contribution in [0.5, 0.6) is 0 Å². The molecule has 1 aromatic carbocycles. The summed E-state index contributed by atoms with van der Waals surface area (Å²) in [6.07, 6.45) is 1.37. The summed E-state index contributed by atoms with van der Waals surface area (Å²) in [5.74, 6) is -0.156. The maximum Gasteiger partial charge on any atom is 0.238 e. The van der Waals surface area contributed by atoms with E-state index in [1.165, 1.54) is 0 Å². The molecule has 1 atom stereocenters. The van der Waals surface area contributed by atoms with Crippen LogP contribution >= 0.6 is 0 Å². The monoisotopic (exact) mass is 259 g/mol. The molecule has 0 bridgehead atoms. The summed E-state index contributed by atoms with van der Waals surface area (Å²) in [7, 11) is 0. The number of anilines is 1. The number of para-hydroxylation sites is 1. The van der Waals surface area contributed by atoms with Crippen molar-refractivity contribution in [1.82, 2.24) is 4.90 Å². The first-order chi connectivity index (χ1) is 9.19. The molecule has 0 aliphatic carbocycles. The minimum Gasteiger partial charge on any atom is -0.392 e. The van der Waals surface area contributed by atoms with Crippen LogP contribution < -0.4 is 5.32 Å². The highest BCUT2D eigenvalue weighted by atomic mass is 16.3. The van der Waals surface area contributed by atoms with Crippen molar-refractivity contribution in [2.45, 2.75) is 18.9 Å². The molecule has 1 amide bonds. The van der Waals surface area contributed by atoms with Gasteiger partial charge in [-0.15, -0.1) is 0 Å². The van der Waals surface area contributed by atoms with Gasteiger partial charge in [-0.2, -0.15) is 5.26 Å². The molecule has 1 heterocycles. The van der Waals surface area contributed by atoms with E-state index in [0.29, 0.717) is 17.8 Å². The molecule has 0 aromatic heterocycles. The number of hydrogen-bond acceptors (Lipinski definition) is 4. The summed E-state index contributed by atoms with van der Waals surface area (Å²) in [6.45, 7) is 1.61. The molecule has 0 radical (unpaired) electrons. The number of likely N-dealkylation sites (tertiary alicyclic amines) is 1. The summed E-state index contributed by atoms with van der Waals surface area (Å²) < 4.78 is 0. The molecular weight excluding hydrogens is 242 g/mol. The van der Waals surface area contributed by atoms with Crippen molar-refractivity contribution in [3.8, 4) is 6.07 Å². The van der Waals surface area contributed by atoms with Crippen molar-refractivity contribution >= 4 is 11.6 Å². The van der Waals surface area contributed by atoms with Crippen molar-refractivity contribution in [2.24, 2.45) is 0 Å². The van der Waals surface area contributed by atoms with Crippen molar-refractivity contribution in [2.75, 3.05) is 25.0 Å². The lowest BCUT2D eigenvalue weighted by molar-refractivity contribution is -0.118. The molecule has 100 valence electrons. The number of carbonyl (C=O) groups excluding carboxylic acids is 1. The van der Waals surface area contributed by atoms with Crippen LogP contribution in [-0.4, -0.2) is 41.7 Å². The zero-order chi connectivity index (χ0) is 13.7. The Balaban J connectivity index is 1.92. The number of benzene rings is 1. The van der Waals surface area contributed by atoms with E-state index >= 15 is 0 Å². The average Bonchev–Trinajstić information content (AvgIpc) is 2.39.